The summed E-state index contributed by atoms with van der Waals surface area (Å²) in [6.07, 6.45) is 3.16. The molecule has 0 atom stereocenters. The van der Waals surface area contributed by atoms with Crippen LogP contribution >= 0.6 is 0 Å². The maximum atomic E-state index is 9.14. The zero-order valence-electron chi connectivity index (χ0n) is 11.2. The van der Waals surface area contributed by atoms with Gasteiger partial charge in [-0.15, -0.1) is 0 Å². The van der Waals surface area contributed by atoms with E-state index in [1.807, 2.05) is 4.90 Å². The van der Waals surface area contributed by atoms with E-state index in [-0.39, 0.29) is 5.95 Å². The average Bonchev–Trinajstić information content (AvgIpc) is 2.56. The Balaban J connectivity index is 2.00. The van der Waals surface area contributed by atoms with Crippen LogP contribution in [0.3, 0.4) is 0 Å². The van der Waals surface area contributed by atoms with Gasteiger partial charge in [-0.2, -0.15) is 5.26 Å². The van der Waals surface area contributed by atoms with Crippen LogP contribution in [-0.2, 0) is 4.74 Å². The van der Waals surface area contributed by atoms with Crippen LogP contribution in [0.15, 0.2) is 18.5 Å². The molecule has 1 aliphatic heterocycles. The van der Waals surface area contributed by atoms with E-state index in [9.17, 15) is 0 Å². The maximum Gasteiger partial charge on any atom is 0.227 e. The number of hydrogen-bond acceptors (Lipinski definition) is 8. The molecule has 0 saturated carbocycles. The van der Waals surface area contributed by atoms with Crippen LogP contribution in [0.5, 0.6) is 0 Å². The Morgan fingerprint density at radius 2 is 1.90 bits per heavy atom. The second-order valence-corrected chi connectivity index (χ2v) is 4.48. The predicted molar refractivity (Wildman–Crippen MR) is 75.2 cm³/mol. The summed E-state index contributed by atoms with van der Waals surface area (Å²) in [5.41, 5.74) is 7.07. The first-order valence-electron chi connectivity index (χ1n) is 6.46. The number of nitrogens with two attached hydrogens (primary N) is 1. The Kier molecular flexibility index (Phi) is 3.57. The molecule has 0 radical (unpaired) electrons. The Bertz CT molecular complexity index is 674. The number of rotatable bonds is 2. The van der Waals surface area contributed by atoms with Crippen LogP contribution in [0.4, 0.5) is 11.9 Å². The van der Waals surface area contributed by atoms with Gasteiger partial charge in [0.25, 0.3) is 0 Å². The van der Waals surface area contributed by atoms with Gasteiger partial charge in [0.05, 0.1) is 18.9 Å². The molecule has 8 heteroatoms. The minimum atomic E-state index is 0.196. The molecule has 2 aromatic rings. The molecular formula is C13H13N7O. The van der Waals surface area contributed by atoms with Crippen molar-refractivity contribution in [3.8, 4) is 17.3 Å². The van der Waals surface area contributed by atoms with E-state index in [1.165, 1.54) is 0 Å². The van der Waals surface area contributed by atoms with E-state index in [0.717, 1.165) is 0 Å². The van der Waals surface area contributed by atoms with Gasteiger partial charge in [-0.1, -0.05) is 0 Å². The molecule has 3 rings (SSSR count). The normalized spacial score (nSPS) is 14.7. The summed E-state index contributed by atoms with van der Waals surface area (Å²) < 4.78 is 5.31. The lowest BCUT2D eigenvalue weighted by atomic mass is 10.2. The first kappa shape index (κ1) is 13.2. The van der Waals surface area contributed by atoms with Gasteiger partial charge in [0.1, 0.15) is 11.8 Å². The molecule has 0 aliphatic carbocycles. The first-order valence-corrected chi connectivity index (χ1v) is 6.46. The van der Waals surface area contributed by atoms with Crippen molar-refractivity contribution < 1.29 is 4.74 Å². The fourth-order valence-electron chi connectivity index (χ4n) is 2.01. The van der Waals surface area contributed by atoms with Gasteiger partial charge < -0.3 is 15.4 Å². The zero-order valence-corrected chi connectivity index (χ0v) is 11.2. The minimum Gasteiger partial charge on any atom is -0.378 e. The summed E-state index contributed by atoms with van der Waals surface area (Å²) in [5.74, 6) is 0.714. The third-order valence-electron chi connectivity index (χ3n) is 3.09. The minimum absolute atomic E-state index is 0.196. The molecule has 0 bridgehead atoms. The Hall–Kier alpha value is -2.79. The molecule has 1 aliphatic rings. The second kappa shape index (κ2) is 5.68. The third-order valence-corrected chi connectivity index (χ3v) is 3.09. The summed E-state index contributed by atoms with van der Waals surface area (Å²) >= 11 is 0. The highest BCUT2D eigenvalue weighted by molar-refractivity contribution is 5.60. The van der Waals surface area contributed by atoms with Crippen molar-refractivity contribution in [3.05, 3.63) is 24.2 Å². The van der Waals surface area contributed by atoms with Crippen molar-refractivity contribution in [2.45, 2.75) is 0 Å². The Labute approximate surface area is 121 Å². The van der Waals surface area contributed by atoms with E-state index in [0.29, 0.717) is 49.2 Å². The predicted octanol–water partition coefficient (Wildman–Crippen LogP) is 0.224. The van der Waals surface area contributed by atoms with Gasteiger partial charge >= 0.3 is 0 Å². The van der Waals surface area contributed by atoms with Crippen LogP contribution in [-0.4, -0.2) is 46.2 Å². The van der Waals surface area contributed by atoms with E-state index >= 15 is 0 Å². The van der Waals surface area contributed by atoms with E-state index in [4.69, 9.17) is 15.7 Å². The molecule has 1 saturated heterocycles. The molecule has 0 spiro atoms. The number of aromatic nitrogens is 4. The van der Waals surface area contributed by atoms with Crippen LogP contribution in [0.1, 0.15) is 5.69 Å². The highest BCUT2D eigenvalue weighted by atomic mass is 16.5. The molecule has 1 fully saturated rings. The van der Waals surface area contributed by atoms with Crippen molar-refractivity contribution in [1.82, 2.24) is 19.9 Å². The standard InChI is InChI=1S/C13H13N7O/c14-6-10-5-11(9-7-16-12(15)17-8-9)19-13(18-10)20-1-3-21-4-2-20/h5,7-8H,1-4H2,(H2,15,16,17). The molecule has 8 nitrogen and oxygen atoms in total. The third kappa shape index (κ3) is 2.88. The van der Waals surface area contributed by atoms with Crippen LogP contribution in [0, 0.1) is 11.3 Å². The lowest BCUT2D eigenvalue weighted by Crippen LogP contribution is -2.37. The summed E-state index contributed by atoms with van der Waals surface area (Å²) in [6.45, 7) is 2.65. The number of hydrogen-bond donors (Lipinski definition) is 1. The smallest absolute Gasteiger partial charge is 0.227 e. The monoisotopic (exact) mass is 283 g/mol. The van der Waals surface area contributed by atoms with Gasteiger partial charge in [-0.3, -0.25) is 0 Å². The molecule has 3 heterocycles. The lowest BCUT2D eigenvalue weighted by Gasteiger charge is -2.27. The molecule has 0 unspecified atom stereocenters. The number of nitrogens with zero attached hydrogens (tertiary/aromatic N) is 6. The van der Waals surface area contributed by atoms with Gasteiger partial charge in [0.15, 0.2) is 0 Å². The molecule has 2 aromatic heterocycles. The maximum absolute atomic E-state index is 9.14. The van der Waals surface area contributed by atoms with Crippen LogP contribution in [0.2, 0.25) is 0 Å². The number of ether oxygens (including phenoxy) is 1. The van der Waals surface area contributed by atoms with Crippen molar-refractivity contribution in [1.29, 1.82) is 5.26 Å². The van der Waals surface area contributed by atoms with Crippen LogP contribution < -0.4 is 10.6 Å². The van der Waals surface area contributed by atoms with E-state index < -0.39 is 0 Å². The van der Waals surface area contributed by atoms with Gasteiger partial charge in [0.2, 0.25) is 11.9 Å². The summed E-state index contributed by atoms with van der Waals surface area (Å²) in [7, 11) is 0. The lowest BCUT2D eigenvalue weighted by molar-refractivity contribution is 0.122. The van der Waals surface area contributed by atoms with E-state index in [2.05, 4.69) is 26.0 Å². The fraction of sp³-hybridized carbons (Fsp3) is 0.308. The van der Waals surface area contributed by atoms with Crippen molar-refractivity contribution >= 4 is 11.9 Å². The summed E-state index contributed by atoms with van der Waals surface area (Å²) in [6, 6.07) is 3.66. The quantitative estimate of drug-likeness (QED) is 0.832. The van der Waals surface area contributed by atoms with E-state index in [1.54, 1.807) is 18.5 Å². The number of nitrogen functional groups attached to an aromatic ring is 1. The topological polar surface area (TPSA) is 114 Å². The Morgan fingerprint density at radius 1 is 1.19 bits per heavy atom. The average molecular weight is 283 g/mol. The highest BCUT2D eigenvalue weighted by Gasteiger charge is 2.16. The largest absolute Gasteiger partial charge is 0.378 e. The summed E-state index contributed by atoms with van der Waals surface area (Å²) in [4.78, 5) is 18.6. The molecule has 2 N–H and O–H groups in total. The molecule has 106 valence electrons. The molecule has 0 aromatic carbocycles. The van der Waals surface area contributed by atoms with Crippen molar-refractivity contribution in [3.63, 3.8) is 0 Å². The Morgan fingerprint density at radius 3 is 2.57 bits per heavy atom. The second-order valence-electron chi connectivity index (χ2n) is 4.48. The molecule has 0 amide bonds. The first-order chi connectivity index (χ1) is 10.3. The number of nitriles is 1. The fourth-order valence-corrected chi connectivity index (χ4v) is 2.01. The zero-order chi connectivity index (χ0) is 14.7. The van der Waals surface area contributed by atoms with Gasteiger partial charge in [-0.25, -0.2) is 19.9 Å². The molecular weight excluding hydrogens is 270 g/mol. The van der Waals surface area contributed by atoms with Gasteiger partial charge in [0, 0.05) is 37.1 Å². The number of anilines is 2. The molecule has 21 heavy (non-hydrogen) atoms. The summed E-state index contributed by atoms with van der Waals surface area (Å²) in [5, 5.41) is 9.14. The van der Waals surface area contributed by atoms with Crippen LogP contribution in [0.25, 0.3) is 11.3 Å². The SMILES string of the molecule is N#Cc1cc(-c2cnc(N)nc2)nc(N2CCOCC2)n1. The van der Waals surface area contributed by atoms with Crippen molar-refractivity contribution in [2.75, 3.05) is 36.9 Å². The van der Waals surface area contributed by atoms with Crippen molar-refractivity contribution in [2.24, 2.45) is 0 Å². The highest BCUT2D eigenvalue weighted by Crippen LogP contribution is 2.20. The number of morpholine rings is 1. The van der Waals surface area contributed by atoms with Gasteiger partial charge in [-0.05, 0) is 0 Å².